The minimum Gasteiger partial charge on any atom is -0.466 e. The third-order valence-electron chi connectivity index (χ3n) is 7.08. The molecule has 1 N–H and O–H groups in total. The Bertz CT molecular complexity index is 1290. The van der Waals surface area contributed by atoms with Crippen LogP contribution in [0.2, 0.25) is 0 Å². The number of sulfone groups is 2. The van der Waals surface area contributed by atoms with Crippen molar-refractivity contribution < 1.29 is 26.4 Å². The second kappa shape index (κ2) is 8.58. The summed E-state index contributed by atoms with van der Waals surface area (Å²) < 4.78 is 58.2. The predicted molar refractivity (Wildman–Crippen MR) is 129 cm³/mol. The highest BCUT2D eigenvalue weighted by Crippen LogP contribution is 2.46. The first-order chi connectivity index (χ1) is 15.1. The topological polar surface area (TPSA) is 107 Å². The minimum atomic E-state index is -3.90. The van der Waals surface area contributed by atoms with Gasteiger partial charge in [0.05, 0.1) is 40.8 Å². The van der Waals surface area contributed by atoms with Gasteiger partial charge in [0.25, 0.3) is 0 Å². The molecule has 33 heavy (non-hydrogen) atoms. The van der Waals surface area contributed by atoms with Crippen LogP contribution in [0.25, 0.3) is 0 Å². The van der Waals surface area contributed by atoms with Crippen molar-refractivity contribution in [3.05, 3.63) is 55.3 Å². The fourth-order valence-corrected chi connectivity index (χ4v) is 9.35. The van der Waals surface area contributed by atoms with E-state index in [2.05, 4.69) is 5.32 Å². The molecule has 0 aliphatic carbocycles. The van der Waals surface area contributed by atoms with Gasteiger partial charge < -0.3 is 10.1 Å². The number of carbonyl (C=O) groups is 1. The second-order valence-electron chi connectivity index (χ2n) is 9.41. The maximum Gasteiger partial charge on any atom is 0.336 e. The first-order valence-electron chi connectivity index (χ1n) is 10.9. The van der Waals surface area contributed by atoms with Crippen LogP contribution in [0, 0.1) is 40.5 Å². The summed E-state index contributed by atoms with van der Waals surface area (Å²) in [6.45, 7) is 13.1. The Labute approximate surface area is 197 Å². The van der Waals surface area contributed by atoms with Gasteiger partial charge in [0.1, 0.15) is 0 Å². The lowest BCUT2D eigenvalue weighted by atomic mass is 9.78. The van der Waals surface area contributed by atoms with Crippen molar-refractivity contribution in [2.45, 2.75) is 54.4 Å². The molecule has 7 nitrogen and oxygen atoms in total. The average molecular weight is 496 g/mol. The van der Waals surface area contributed by atoms with Crippen LogP contribution in [0.15, 0.2) is 21.9 Å². The summed E-state index contributed by atoms with van der Waals surface area (Å²) in [4.78, 5) is 13.0. The maximum absolute atomic E-state index is 13.7. The molecule has 182 valence electrons. The summed E-state index contributed by atoms with van der Waals surface area (Å²) in [6.07, 6.45) is 0. The van der Waals surface area contributed by atoms with Gasteiger partial charge in [0.2, 0.25) is 0 Å². The minimum absolute atomic E-state index is 0.0301. The number of allylic oxidation sites excluding steroid dienone is 2. The maximum atomic E-state index is 13.7. The van der Waals surface area contributed by atoms with Crippen LogP contribution in [0.1, 0.15) is 53.1 Å². The molecule has 3 rings (SSSR count). The van der Waals surface area contributed by atoms with Gasteiger partial charge in [-0.15, -0.1) is 0 Å². The molecule has 2 atom stereocenters. The number of benzene rings is 1. The standard InChI is InChI=1S/C24H33NO6S2/c1-12-9-32(27,28)11-19-23(33(29,30)10-12)22(21(18(7)25-19)24(26)31-8)20-16(5)14(3)13(2)15(4)17(20)6/h12,22,25H,9-11H2,1-8H3. The Balaban J connectivity index is 2.50. The van der Waals surface area contributed by atoms with Gasteiger partial charge in [0.15, 0.2) is 19.7 Å². The lowest BCUT2D eigenvalue weighted by Gasteiger charge is -2.36. The van der Waals surface area contributed by atoms with Crippen molar-refractivity contribution in [3.8, 4) is 0 Å². The molecule has 0 saturated carbocycles. The van der Waals surface area contributed by atoms with Crippen LogP contribution in [0.4, 0.5) is 0 Å². The number of hydrogen-bond donors (Lipinski definition) is 1. The number of nitrogens with one attached hydrogen (secondary N) is 1. The van der Waals surface area contributed by atoms with Gasteiger partial charge in [-0.3, -0.25) is 0 Å². The van der Waals surface area contributed by atoms with Crippen molar-refractivity contribution in [2.24, 2.45) is 5.92 Å². The van der Waals surface area contributed by atoms with Gasteiger partial charge in [-0.05, 0) is 80.8 Å². The Hall–Kier alpha value is -2.13. The molecular formula is C24H33NO6S2. The predicted octanol–water partition coefficient (Wildman–Crippen LogP) is 3.05. The summed E-state index contributed by atoms with van der Waals surface area (Å²) in [6, 6.07) is 0. The number of methoxy groups -OCH3 is 1. The number of dihydropyridines is 1. The molecule has 0 aromatic heterocycles. The van der Waals surface area contributed by atoms with E-state index < -0.39 is 43.2 Å². The molecule has 9 heteroatoms. The summed E-state index contributed by atoms with van der Waals surface area (Å²) >= 11 is 0. The van der Waals surface area contributed by atoms with E-state index in [-0.39, 0.29) is 27.7 Å². The largest absolute Gasteiger partial charge is 0.466 e. The zero-order valence-electron chi connectivity index (χ0n) is 20.5. The molecule has 0 bridgehead atoms. The van der Waals surface area contributed by atoms with E-state index in [1.807, 2.05) is 34.6 Å². The van der Waals surface area contributed by atoms with Crippen LogP contribution < -0.4 is 5.32 Å². The molecule has 0 amide bonds. The quantitative estimate of drug-likeness (QED) is 0.629. The highest BCUT2D eigenvalue weighted by atomic mass is 32.2. The fraction of sp³-hybridized carbons (Fsp3) is 0.542. The van der Waals surface area contributed by atoms with Crippen molar-refractivity contribution in [1.29, 1.82) is 0 Å². The molecular weight excluding hydrogens is 462 g/mol. The SMILES string of the molecule is COC(=O)C1=C(C)NC2=C(C1c1c(C)c(C)c(C)c(C)c1C)S(=O)(=O)CC(C)CS(=O)(=O)C2. The summed E-state index contributed by atoms with van der Waals surface area (Å²) in [5.41, 5.74) is 6.35. The van der Waals surface area contributed by atoms with Crippen LogP contribution in [0.3, 0.4) is 0 Å². The van der Waals surface area contributed by atoms with Crippen molar-refractivity contribution in [3.63, 3.8) is 0 Å². The first kappa shape index (κ1) is 25.5. The molecule has 2 aliphatic heterocycles. The smallest absolute Gasteiger partial charge is 0.336 e. The highest BCUT2D eigenvalue weighted by Gasteiger charge is 2.44. The van der Waals surface area contributed by atoms with Crippen LogP contribution in [-0.4, -0.2) is 47.2 Å². The monoisotopic (exact) mass is 495 g/mol. The Morgan fingerprint density at radius 2 is 1.39 bits per heavy atom. The molecule has 0 spiro atoms. The number of ether oxygens (including phenoxy) is 1. The van der Waals surface area contributed by atoms with Crippen LogP contribution in [0.5, 0.6) is 0 Å². The number of rotatable bonds is 2. The third-order valence-corrected chi connectivity index (χ3v) is 11.0. The van der Waals surface area contributed by atoms with Gasteiger partial charge in [0, 0.05) is 11.4 Å². The average Bonchev–Trinajstić information content (AvgIpc) is 2.68. The number of carbonyl (C=O) groups excluding carboxylic acids is 1. The number of esters is 1. The van der Waals surface area contributed by atoms with E-state index in [9.17, 15) is 21.6 Å². The van der Waals surface area contributed by atoms with Gasteiger partial charge in [-0.2, -0.15) is 0 Å². The van der Waals surface area contributed by atoms with E-state index in [0.29, 0.717) is 5.70 Å². The molecule has 1 aromatic carbocycles. The molecule has 0 radical (unpaired) electrons. The molecule has 0 fully saturated rings. The lowest BCUT2D eigenvalue weighted by Crippen LogP contribution is -2.39. The number of hydrogen-bond acceptors (Lipinski definition) is 7. The zero-order valence-corrected chi connectivity index (χ0v) is 22.2. The molecule has 1 aromatic rings. The normalized spacial score (nSPS) is 24.5. The summed E-state index contributed by atoms with van der Waals surface area (Å²) in [5.74, 6) is -3.08. The molecule has 0 saturated heterocycles. The van der Waals surface area contributed by atoms with Crippen LogP contribution >= 0.6 is 0 Å². The summed E-state index contributed by atoms with van der Waals surface area (Å²) in [5, 5.41) is 2.96. The van der Waals surface area contributed by atoms with E-state index in [1.54, 1.807) is 13.8 Å². The van der Waals surface area contributed by atoms with Gasteiger partial charge >= 0.3 is 5.97 Å². The van der Waals surface area contributed by atoms with E-state index >= 15 is 0 Å². The van der Waals surface area contributed by atoms with E-state index in [1.165, 1.54) is 7.11 Å². The zero-order chi connectivity index (χ0) is 25.0. The van der Waals surface area contributed by atoms with Gasteiger partial charge in [-0.1, -0.05) is 6.92 Å². The third kappa shape index (κ3) is 4.37. The second-order valence-corrected chi connectivity index (χ2v) is 13.5. The Morgan fingerprint density at radius 3 is 1.91 bits per heavy atom. The van der Waals surface area contributed by atoms with Crippen LogP contribution in [-0.2, 0) is 29.2 Å². The fourth-order valence-electron chi connectivity index (χ4n) is 5.19. The van der Waals surface area contributed by atoms with Crippen molar-refractivity contribution in [1.82, 2.24) is 5.32 Å². The van der Waals surface area contributed by atoms with Crippen molar-refractivity contribution >= 4 is 25.6 Å². The first-order valence-corrected chi connectivity index (χ1v) is 14.4. The van der Waals surface area contributed by atoms with E-state index in [0.717, 1.165) is 33.4 Å². The molecule has 2 heterocycles. The highest BCUT2D eigenvalue weighted by molar-refractivity contribution is 7.96. The van der Waals surface area contributed by atoms with Crippen molar-refractivity contribution in [2.75, 3.05) is 24.4 Å². The van der Waals surface area contributed by atoms with Gasteiger partial charge in [-0.25, -0.2) is 21.6 Å². The molecule has 2 unspecified atom stereocenters. The molecule has 2 aliphatic rings. The Kier molecular flexibility index (Phi) is 6.63. The Morgan fingerprint density at radius 1 is 0.879 bits per heavy atom. The van der Waals surface area contributed by atoms with E-state index in [4.69, 9.17) is 4.74 Å². The lowest BCUT2D eigenvalue weighted by molar-refractivity contribution is -0.136. The summed E-state index contributed by atoms with van der Waals surface area (Å²) in [7, 11) is -6.19.